The summed E-state index contributed by atoms with van der Waals surface area (Å²) in [6.07, 6.45) is 0. The van der Waals surface area contributed by atoms with Gasteiger partial charge < -0.3 is 8.83 Å². The Morgan fingerprint density at radius 1 is 0.905 bits per heavy atom. The number of carbonyl (C=O) groups is 1. The van der Waals surface area contributed by atoms with E-state index in [0.717, 1.165) is 0 Å². The molecule has 2 heterocycles. The Morgan fingerprint density at radius 2 is 1.62 bits per heavy atom. The molecule has 0 aliphatic carbocycles. The minimum Gasteiger partial charge on any atom is -0.452 e. The summed E-state index contributed by atoms with van der Waals surface area (Å²) in [6, 6.07) is 12.1. The molecule has 0 N–H and O–H groups in total. The second-order valence-corrected chi connectivity index (χ2v) is 4.95. The summed E-state index contributed by atoms with van der Waals surface area (Å²) in [6.45, 7) is 1.50. The number of hydrogen-bond acceptors (Lipinski definition) is 4. The van der Waals surface area contributed by atoms with E-state index in [-0.39, 0.29) is 16.8 Å². The van der Waals surface area contributed by atoms with E-state index < -0.39 is 0 Å². The second kappa shape index (κ2) is 4.06. The van der Waals surface area contributed by atoms with Crippen molar-refractivity contribution in [3.05, 3.63) is 58.3 Å². The largest absolute Gasteiger partial charge is 0.452 e. The van der Waals surface area contributed by atoms with Gasteiger partial charge in [-0.25, -0.2) is 0 Å². The van der Waals surface area contributed by atoms with Crippen molar-refractivity contribution in [1.82, 2.24) is 0 Å². The molecule has 0 aliphatic heterocycles. The average Bonchev–Trinajstić information content (AvgIpc) is 2.86. The molecule has 0 amide bonds. The van der Waals surface area contributed by atoms with Crippen LogP contribution < -0.4 is 5.43 Å². The van der Waals surface area contributed by atoms with Crippen LogP contribution in [0, 0.1) is 0 Å². The molecular formula is C17H10O4. The van der Waals surface area contributed by atoms with Gasteiger partial charge in [-0.2, -0.15) is 0 Å². The number of furan rings is 1. The van der Waals surface area contributed by atoms with Crippen LogP contribution >= 0.6 is 0 Å². The van der Waals surface area contributed by atoms with E-state index in [1.807, 2.05) is 0 Å². The van der Waals surface area contributed by atoms with E-state index >= 15 is 0 Å². The van der Waals surface area contributed by atoms with Crippen molar-refractivity contribution in [2.45, 2.75) is 6.92 Å². The summed E-state index contributed by atoms with van der Waals surface area (Å²) in [7, 11) is 0. The van der Waals surface area contributed by atoms with Crippen LogP contribution in [0.15, 0.2) is 56.1 Å². The van der Waals surface area contributed by atoms with Crippen LogP contribution in [-0.2, 0) is 0 Å². The first kappa shape index (κ1) is 11.9. The molecule has 0 fully saturated rings. The van der Waals surface area contributed by atoms with Gasteiger partial charge >= 0.3 is 0 Å². The molecular weight excluding hydrogens is 268 g/mol. The SMILES string of the molecule is CC(=O)c1ccc2oc3c(=O)c4ccccc4oc3c2c1. The van der Waals surface area contributed by atoms with Crippen LogP contribution in [-0.4, -0.2) is 5.78 Å². The predicted molar refractivity (Wildman–Crippen MR) is 79.8 cm³/mol. The van der Waals surface area contributed by atoms with Crippen LogP contribution in [0.1, 0.15) is 17.3 Å². The van der Waals surface area contributed by atoms with E-state index in [1.54, 1.807) is 42.5 Å². The number of ketones is 1. The van der Waals surface area contributed by atoms with Gasteiger partial charge in [0.1, 0.15) is 11.2 Å². The highest BCUT2D eigenvalue weighted by Gasteiger charge is 2.16. The zero-order chi connectivity index (χ0) is 14.6. The summed E-state index contributed by atoms with van der Waals surface area (Å²) in [4.78, 5) is 24.0. The number of carbonyl (C=O) groups excluding carboxylic acids is 1. The fourth-order valence-corrected chi connectivity index (χ4v) is 2.52. The van der Waals surface area contributed by atoms with Gasteiger partial charge in [-0.15, -0.1) is 0 Å². The first-order chi connectivity index (χ1) is 10.1. The Balaban J connectivity index is 2.24. The monoisotopic (exact) mass is 278 g/mol. The van der Waals surface area contributed by atoms with Gasteiger partial charge in [0.05, 0.1) is 10.8 Å². The quantitative estimate of drug-likeness (QED) is 0.495. The Kier molecular flexibility index (Phi) is 2.30. The lowest BCUT2D eigenvalue weighted by Gasteiger charge is -1.96. The number of Topliss-reactive ketones (excluding diaryl/α,β-unsaturated/α-hetero) is 1. The van der Waals surface area contributed by atoms with E-state index in [4.69, 9.17) is 8.83 Å². The van der Waals surface area contributed by atoms with E-state index in [1.165, 1.54) is 6.92 Å². The molecule has 0 aliphatic rings. The summed E-state index contributed by atoms with van der Waals surface area (Å²) in [5.41, 5.74) is 1.96. The lowest BCUT2D eigenvalue weighted by Crippen LogP contribution is -1.99. The van der Waals surface area contributed by atoms with Gasteiger partial charge in [0.2, 0.25) is 11.0 Å². The standard InChI is InChI=1S/C17H10O4/c1-9(18)10-6-7-14-12(8-10)16-17(21-14)15(19)11-4-2-3-5-13(11)20-16/h2-8H,1H3. The first-order valence-electron chi connectivity index (χ1n) is 6.54. The van der Waals surface area contributed by atoms with Crippen molar-refractivity contribution in [2.24, 2.45) is 0 Å². The van der Waals surface area contributed by atoms with Gasteiger partial charge in [0, 0.05) is 5.56 Å². The van der Waals surface area contributed by atoms with Gasteiger partial charge in [0.15, 0.2) is 11.4 Å². The van der Waals surface area contributed by atoms with E-state index in [0.29, 0.717) is 33.1 Å². The summed E-state index contributed by atoms with van der Waals surface area (Å²) < 4.78 is 11.4. The number of fused-ring (bicyclic) bond motifs is 4. The predicted octanol–water partition coefficient (Wildman–Crippen LogP) is 3.90. The summed E-state index contributed by atoms with van der Waals surface area (Å²) in [5.74, 6) is -0.0469. The van der Waals surface area contributed by atoms with Gasteiger partial charge in [0.25, 0.3) is 0 Å². The molecule has 4 heteroatoms. The highest BCUT2D eigenvalue weighted by molar-refractivity contribution is 6.07. The van der Waals surface area contributed by atoms with Gasteiger partial charge in [-0.05, 0) is 37.3 Å². The number of hydrogen-bond donors (Lipinski definition) is 0. The molecule has 21 heavy (non-hydrogen) atoms. The third-order valence-corrected chi connectivity index (χ3v) is 3.60. The smallest absolute Gasteiger partial charge is 0.235 e. The van der Waals surface area contributed by atoms with Crippen molar-refractivity contribution in [3.8, 4) is 0 Å². The topological polar surface area (TPSA) is 60.4 Å². The number of para-hydroxylation sites is 1. The third-order valence-electron chi connectivity index (χ3n) is 3.60. The van der Waals surface area contributed by atoms with Gasteiger partial charge in [-0.3, -0.25) is 9.59 Å². The lowest BCUT2D eigenvalue weighted by atomic mass is 10.1. The molecule has 0 saturated heterocycles. The van der Waals surface area contributed by atoms with Crippen molar-refractivity contribution in [2.75, 3.05) is 0 Å². The molecule has 2 aromatic carbocycles. The van der Waals surface area contributed by atoms with Crippen molar-refractivity contribution in [1.29, 1.82) is 0 Å². The Hall–Kier alpha value is -2.88. The molecule has 0 bridgehead atoms. The fraction of sp³-hybridized carbons (Fsp3) is 0.0588. The Labute approximate surface area is 118 Å². The molecule has 4 nitrogen and oxygen atoms in total. The van der Waals surface area contributed by atoms with Crippen molar-refractivity contribution >= 4 is 38.9 Å². The minimum atomic E-state index is -0.201. The molecule has 4 aromatic rings. The van der Waals surface area contributed by atoms with Crippen LogP contribution in [0.25, 0.3) is 33.1 Å². The van der Waals surface area contributed by atoms with E-state index in [9.17, 15) is 9.59 Å². The molecule has 0 saturated carbocycles. The van der Waals surface area contributed by atoms with Crippen molar-refractivity contribution < 1.29 is 13.6 Å². The number of rotatable bonds is 1. The molecule has 2 aromatic heterocycles. The van der Waals surface area contributed by atoms with Crippen LogP contribution in [0.2, 0.25) is 0 Å². The Morgan fingerprint density at radius 3 is 2.43 bits per heavy atom. The Bertz CT molecular complexity index is 1080. The lowest BCUT2D eigenvalue weighted by molar-refractivity contribution is 0.101. The maximum Gasteiger partial charge on any atom is 0.235 e. The molecule has 4 rings (SSSR count). The maximum absolute atomic E-state index is 12.5. The normalized spacial score (nSPS) is 11.5. The summed E-state index contributed by atoms with van der Waals surface area (Å²) in [5, 5.41) is 1.12. The molecule has 0 spiro atoms. The molecule has 102 valence electrons. The van der Waals surface area contributed by atoms with Crippen molar-refractivity contribution in [3.63, 3.8) is 0 Å². The molecule has 0 unspecified atom stereocenters. The zero-order valence-corrected chi connectivity index (χ0v) is 11.2. The number of benzene rings is 2. The zero-order valence-electron chi connectivity index (χ0n) is 11.2. The van der Waals surface area contributed by atoms with Crippen LogP contribution in [0.4, 0.5) is 0 Å². The maximum atomic E-state index is 12.5. The minimum absolute atomic E-state index is 0.0469. The van der Waals surface area contributed by atoms with Gasteiger partial charge in [-0.1, -0.05) is 12.1 Å². The highest BCUT2D eigenvalue weighted by Crippen LogP contribution is 2.30. The molecule has 0 atom stereocenters. The van der Waals surface area contributed by atoms with E-state index in [2.05, 4.69) is 0 Å². The average molecular weight is 278 g/mol. The summed E-state index contributed by atoms with van der Waals surface area (Å²) >= 11 is 0. The fourth-order valence-electron chi connectivity index (χ4n) is 2.52. The highest BCUT2D eigenvalue weighted by atomic mass is 16.4. The first-order valence-corrected chi connectivity index (χ1v) is 6.54. The van der Waals surface area contributed by atoms with Crippen LogP contribution in [0.5, 0.6) is 0 Å². The molecule has 0 radical (unpaired) electrons. The van der Waals surface area contributed by atoms with Crippen LogP contribution in [0.3, 0.4) is 0 Å². The second-order valence-electron chi connectivity index (χ2n) is 4.95. The third kappa shape index (κ3) is 1.62.